The summed E-state index contributed by atoms with van der Waals surface area (Å²) in [5, 5.41) is 13.4. The van der Waals surface area contributed by atoms with Crippen molar-refractivity contribution in [2.45, 2.75) is 70.3 Å². The van der Waals surface area contributed by atoms with Crippen molar-refractivity contribution in [1.82, 2.24) is 5.32 Å². The molecule has 2 N–H and O–H groups in total. The highest BCUT2D eigenvalue weighted by Crippen LogP contribution is 2.42. The van der Waals surface area contributed by atoms with Gasteiger partial charge in [0.05, 0.1) is 11.8 Å². The SMILES string of the molecule is CC(C)NCc1ccc(N2C3CCC2CC(O)C3)c(Br)c1. The van der Waals surface area contributed by atoms with Gasteiger partial charge in [0.15, 0.2) is 0 Å². The Morgan fingerprint density at radius 1 is 1.29 bits per heavy atom. The van der Waals surface area contributed by atoms with Gasteiger partial charge in [-0.15, -0.1) is 0 Å². The van der Waals surface area contributed by atoms with Crippen molar-refractivity contribution in [3.63, 3.8) is 0 Å². The topological polar surface area (TPSA) is 35.5 Å². The van der Waals surface area contributed by atoms with Crippen LogP contribution < -0.4 is 10.2 Å². The first-order chi connectivity index (χ1) is 10.0. The van der Waals surface area contributed by atoms with Gasteiger partial charge in [-0.05, 0) is 59.3 Å². The van der Waals surface area contributed by atoms with Crippen molar-refractivity contribution < 1.29 is 5.11 Å². The van der Waals surface area contributed by atoms with Gasteiger partial charge in [-0.2, -0.15) is 0 Å². The van der Waals surface area contributed by atoms with E-state index in [9.17, 15) is 5.11 Å². The van der Waals surface area contributed by atoms with E-state index >= 15 is 0 Å². The number of aliphatic hydroxyl groups excluding tert-OH is 1. The highest BCUT2D eigenvalue weighted by atomic mass is 79.9. The molecule has 0 spiro atoms. The molecular weight excluding hydrogens is 328 g/mol. The number of halogens is 1. The highest BCUT2D eigenvalue weighted by Gasteiger charge is 2.40. The van der Waals surface area contributed by atoms with Crippen LogP contribution in [0.1, 0.15) is 45.1 Å². The zero-order chi connectivity index (χ0) is 15.0. The second-order valence-corrected chi connectivity index (χ2v) is 7.59. The Morgan fingerprint density at radius 2 is 1.95 bits per heavy atom. The van der Waals surface area contributed by atoms with E-state index in [0.29, 0.717) is 18.1 Å². The zero-order valence-electron chi connectivity index (χ0n) is 12.8. The molecule has 2 atom stereocenters. The fourth-order valence-corrected chi connectivity index (χ4v) is 4.36. The van der Waals surface area contributed by atoms with Gasteiger partial charge in [0.25, 0.3) is 0 Å². The molecular formula is C17H25BrN2O. The van der Waals surface area contributed by atoms with Crippen LogP contribution in [-0.4, -0.2) is 29.3 Å². The molecule has 2 fully saturated rings. The molecule has 3 rings (SSSR count). The van der Waals surface area contributed by atoms with Crippen LogP contribution in [0.3, 0.4) is 0 Å². The van der Waals surface area contributed by atoms with Crippen LogP contribution in [0, 0.1) is 0 Å². The molecule has 2 heterocycles. The molecule has 3 nitrogen and oxygen atoms in total. The van der Waals surface area contributed by atoms with E-state index in [1.165, 1.54) is 28.6 Å². The van der Waals surface area contributed by atoms with E-state index in [0.717, 1.165) is 19.4 Å². The van der Waals surface area contributed by atoms with E-state index in [2.05, 4.69) is 58.2 Å². The summed E-state index contributed by atoms with van der Waals surface area (Å²) in [6.45, 7) is 5.24. The van der Waals surface area contributed by atoms with Gasteiger partial charge in [0.1, 0.15) is 0 Å². The lowest BCUT2D eigenvalue weighted by Gasteiger charge is -2.39. The molecule has 1 aromatic carbocycles. The molecule has 2 aliphatic heterocycles. The second kappa shape index (κ2) is 6.27. The molecule has 0 aliphatic carbocycles. The summed E-state index contributed by atoms with van der Waals surface area (Å²) in [4.78, 5) is 2.54. The largest absolute Gasteiger partial charge is 0.393 e. The number of piperidine rings is 1. The number of fused-ring (bicyclic) bond motifs is 2. The smallest absolute Gasteiger partial charge is 0.0579 e. The zero-order valence-corrected chi connectivity index (χ0v) is 14.4. The third-order valence-electron chi connectivity index (χ3n) is 4.71. The average Bonchev–Trinajstić information content (AvgIpc) is 2.68. The lowest BCUT2D eigenvalue weighted by molar-refractivity contribution is 0.126. The predicted octanol–water partition coefficient (Wildman–Crippen LogP) is 3.44. The maximum absolute atomic E-state index is 9.94. The van der Waals surface area contributed by atoms with Crippen LogP contribution >= 0.6 is 15.9 Å². The first-order valence-corrected chi connectivity index (χ1v) is 8.82. The van der Waals surface area contributed by atoms with Crippen LogP contribution in [0.5, 0.6) is 0 Å². The van der Waals surface area contributed by atoms with E-state index in [1.54, 1.807) is 0 Å². The van der Waals surface area contributed by atoms with Gasteiger partial charge in [-0.3, -0.25) is 0 Å². The average molecular weight is 353 g/mol. The van der Waals surface area contributed by atoms with Crippen molar-refractivity contribution in [3.8, 4) is 0 Å². The summed E-state index contributed by atoms with van der Waals surface area (Å²) < 4.78 is 1.18. The molecule has 1 aromatic rings. The maximum Gasteiger partial charge on any atom is 0.0579 e. The number of benzene rings is 1. The standard InChI is InChI=1S/C17H25BrN2O/c1-11(2)19-10-12-3-6-17(16(18)7-12)20-13-4-5-14(20)9-15(21)8-13/h3,6-7,11,13-15,19,21H,4-5,8-10H2,1-2H3. The van der Waals surface area contributed by atoms with Gasteiger partial charge in [-0.25, -0.2) is 0 Å². The van der Waals surface area contributed by atoms with E-state index in [1.807, 2.05) is 0 Å². The summed E-state index contributed by atoms with van der Waals surface area (Å²) in [5.74, 6) is 0. The maximum atomic E-state index is 9.94. The minimum Gasteiger partial charge on any atom is -0.393 e. The number of nitrogens with one attached hydrogen (secondary N) is 1. The van der Waals surface area contributed by atoms with Crippen molar-refractivity contribution in [2.75, 3.05) is 4.90 Å². The Balaban J connectivity index is 1.77. The predicted molar refractivity (Wildman–Crippen MR) is 90.6 cm³/mol. The quantitative estimate of drug-likeness (QED) is 0.871. The molecule has 2 unspecified atom stereocenters. The number of anilines is 1. The monoisotopic (exact) mass is 352 g/mol. The van der Waals surface area contributed by atoms with Crippen molar-refractivity contribution in [1.29, 1.82) is 0 Å². The van der Waals surface area contributed by atoms with Crippen LogP contribution in [0.4, 0.5) is 5.69 Å². The summed E-state index contributed by atoms with van der Waals surface area (Å²) in [5.41, 5.74) is 2.60. The Morgan fingerprint density at radius 3 is 2.52 bits per heavy atom. The molecule has 116 valence electrons. The summed E-state index contributed by atoms with van der Waals surface area (Å²) in [6.07, 6.45) is 4.15. The lowest BCUT2D eigenvalue weighted by atomic mass is 9.99. The van der Waals surface area contributed by atoms with Gasteiger partial charge in [0, 0.05) is 29.1 Å². The summed E-state index contributed by atoms with van der Waals surface area (Å²) in [7, 11) is 0. The first-order valence-electron chi connectivity index (χ1n) is 8.03. The highest BCUT2D eigenvalue weighted by molar-refractivity contribution is 9.10. The third kappa shape index (κ3) is 3.27. The molecule has 0 radical (unpaired) electrons. The molecule has 2 saturated heterocycles. The number of nitrogens with zero attached hydrogens (tertiary/aromatic N) is 1. The van der Waals surface area contributed by atoms with Crippen molar-refractivity contribution >= 4 is 21.6 Å². The second-order valence-electron chi connectivity index (χ2n) is 6.74. The van der Waals surface area contributed by atoms with E-state index in [4.69, 9.17) is 0 Å². The molecule has 21 heavy (non-hydrogen) atoms. The number of rotatable bonds is 4. The Kier molecular flexibility index (Phi) is 4.57. The molecule has 0 saturated carbocycles. The Hall–Kier alpha value is -0.580. The van der Waals surface area contributed by atoms with Gasteiger partial charge in [-0.1, -0.05) is 19.9 Å². The Bertz CT molecular complexity index is 492. The normalized spacial score (nSPS) is 28.4. The van der Waals surface area contributed by atoms with Crippen LogP contribution in [0.2, 0.25) is 0 Å². The minimum atomic E-state index is -0.105. The minimum absolute atomic E-state index is 0.105. The molecule has 4 heteroatoms. The van der Waals surface area contributed by atoms with Crippen molar-refractivity contribution in [2.24, 2.45) is 0 Å². The van der Waals surface area contributed by atoms with Gasteiger partial charge in [0.2, 0.25) is 0 Å². The fourth-order valence-electron chi connectivity index (χ4n) is 3.73. The number of hydrogen-bond donors (Lipinski definition) is 2. The van der Waals surface area contributed by atoms with Crippen LogP contribution in [-0.2, 0) is 6.54 Å². The molecule has 2 bridgehead atoms. The first kappa shape index (κ1) is 15.3. The third-order valence-corrected chi connectivity index (χ3v) is 5.35. The number of hydrogen-bond acceptors (Lipinski definition) is 3. The van der Waals surface area contributed by atoms with Gasteiger partial charge < -0.3 is 15.3 Å². The van der Waals surface area contributed by atoms with Gasteiger partial charge >= 0.3 is 0 Å². The fraction of sp³-hybridized carbons (Fsp3) is 0.647. The molecule has 0 amide bonds. The van der Waals surface area contributed by atoms with Crippen molar-refractivity contribution in [3.05, 3.63) is 28.2 Å². The van der Waals surface area contributed by atoms with Crippen LogP contribution in [0.15, 0.2) is 22.7 Å². The Labute approximate surface area is 135 Å². The summed E-state index contributed by atoms with van der Waals surface area (Å²) >= 11 is 3.76. The lowest BCUT2D eigenvalue weighted by Crippen LogP contribution is -2.45. The molecule has 0 aromatic heterocycles. The van der Waals surface area contributed by atoms with Crippen LogP contribution in [0.25, 0.3) is 0 Å². The van der Waals surface area contributed by atoms with E-state index < -0.39 is 0 Å². The summed E-state index contributed by atoms with van der Waals surface area (Å²) in [6, 6.07) is 8.21. The van der Waals surface area contributed by atoms with E-state index in [-0.39, 0.29) is 6.10 Å². The number of aliphatic hydroxyl groups is 1. The molecule has 2 aliphatic rings.